The fourth-order valence-electron chi connectivity index (χ4n) is 1.42. The largest absolute Gasteiger partial charge is 0.467 e. The Kier molecular flexibility index (Phi) is 5.77. The van der Waals surface area contributed by atoms with Crippen molar-refractivity contribution in [2.24, 2.45) is 0 Å². The lowest BCUT2D eigenvalue weighted by molar-refractivity contribution is -0.144. The van der Waals surface area contributed by atoms with Crippen LogP contribution in [0.15, 0.2) is 24.3 Å². The Morgan fingerprint density at radius 1 is 1.39 bits per heavy atom. The Bertz CT molecular complexity index is 422. The van der Waals surface area contributed by atoms with Crippen LogP contribution in [0.5, 0.6) is 0 Å². The fourth-order valence-corrected chi connectivity index (χ4v) is 1.59. The van der Waals surface area contributed by atoms with E-state index < -0.39 is 12.0 Å². The van der Waals surface area contributed by atoms with Crippen molar-refractivity contribution in [1.82, 2.24) is 5.32 Å². The predicted octanol–water partition coefficient (Wildman–Crippen LogP) is 1.42. The van der Waals surface area contributed by atoms with E-state index in [0.717, 1.165) is 5.56 Å². The third-order valence-electron chi connectivity index (χ3n) is 2.30. The highest BCUT2D eigenvalue weighted by Crippen LogP contribution is 2.07. The molecule has 1 aromatic carbocycles. The molecule has 0 saturated carbocycles. The van der Waals surface area contributed by atoms with E-state index >= 15 is 0 Å². The molecule has 0 radical (unpaired) electrons. The van der Waals surface area contributed by atoms with Gasteiger partial charge in [0.25, 0.3) is 0 Å². The Hall–Kier alpha value is -1.43. The van der Waals surface area contributed by atoms with Gasteiger partial charge in [0, 0.05) is 6.42 Å². The van der Waals surface area contributed by atoms with Gasteiger partial charge in [-0.3, -0.25) is 4.79 Å². The maximum Gasteiger partial charge on any atom is 0.328 e. The molecule has 1 N–H and O–H groups in total. The Morgan fingerprint density at radius 2 is 2.00 bits per heavy atom. The lowest BCUT2D eigenvalue weighted by Crippen LogP contribution is -2.43. The normalized spacial score (nSPS) is 11.7. The highest BCUT2D eigenvalue weighted by atomic mass is 79.9. The maximum absolute atomic E-state index is 12.7. The summed E-state index contributed by atoms with van der Waals surface area (Å²) in [6.45, 7) is 0. The number of alkyl halides is 1. The molecular formula is C12H13BrFNO3. The highest BCUT2D eigenvalue weighted by Gasteiger charge is 2.21. The summed E-state index contributed by atoms with van der Waals surface area (Å²) in [4.78, 5) is 22.8. The number of hydrogen-bond donors (Lipinski definition) is 1. The van der Waals surface area contributed by atoms with Crippen LogP contribution in [-0.4, -0.2) is 30.4 Å². The first-order valence-electron chi connectivity index (χ1n) is 5.24. The van der Waals surface area contributed by atoms with Crippen molar-refractivity contribution in [3.05, 3.63) is 35.6 Å². The molecule has 1 atom stereocenters. The predicted molar refractivity (Wildman–Crippen MR) is 67.8 cm³/mol. The van der Waals surface area contributed by atoms with Gasteiger partial charge in [-0.1, -0.05) is 28.1 Å². The van der Waals surface area contributed by atoms with Gasteiger partial charge in [0.05, 0.1) is 12.4 Å². The summed E-state index contributed by atoms with van der Waals surface area (Å²) in [5.41, 5.74) is 0.738. The number of carbonyl (C=O) groups excluding carboxylic acids is 2. The van der Waals surface area contributed by atoms with Gasteiger partial charge in [-0.25, -0.2) is 9.18 Å². The number of carbonyl (C=O) groups is 2. The first kappa shape index (κ1) is 14.6. The highest BCUT2D eigenvalue weighted by molar-refractivity contribution is 9.09. The molecule has 4 nitrogen and oxygen atoms in total. The van der Waals surface area contributed by atoms with E-state index in [-0.39, 0.29) is 23.5 Å². The van der Waals surface area contributed by atoms with E-state index in [0.29, 0.717) is 0 Å². The molecule has 98 valence electrons. The smallest absolute Gasteiger partial charge is 0.328 e. The summed E-state index contributed by atoms with van der Waals surface area (Å²) in [6, 6.07) is 4.95. The molecule has 0 aliphatic heterocycles. The van der Waals surface area contributed by atoms with Crippen molar-refractivity contribution in [3.8, 4) is 0 Å². The third kappa shape index (κ3) is 4.44. The van der Waals surface area contributed by atoms with Gasteiger partial charge >= 0.3 is 5.97 Å². The number of amides is 1. The lowest BCUT2D eigenvalue weighted by Gasteiger charge is -2.15. The van der Waals surface area contributed by atoms with Crippen LogP contribution < -0.4 is 5.32 Å². The molecule has 1 amide bonds. The molecule has 0 aliphatic rings. The second-order valence-corrected chi connectivity index (χ2v) is 4.17. The number of benzene rings is 1. The average Bonchev–Trinajstić information content (AvgIpc) is 2.39. The molecule has 0 aliphatic carbocycles. The molecule has 18 heavy (non-hydrogen) atoms. The number of esters is 1. The topological polar surface area (TPSA) is 55.4 Å². The minimum absolute atomic E-state index is 0.101. The number of halogens is 2. The molecule has 0 spiro atoms. The zero-order valence-electron chi connectivity index (χ0n) is 9.78. The number of methoxy groups -OCH3 is 1. The molecule has 0 bridgehead atoms. The van der Waals surface area contributed by atoms with Crippen LogP contribution in [-0.2, 0) is 20.7 Å². The minimum atomic E-state index is -0.773. The summed E-state index contributed by atoms with van der Waals surface area (Å²) < 4.78 is 17.4. The summed E-state index contributed by atoms with van der Waals surface area (Å²) in [7, 11) is 1.25. The second-order valence-electron chi connectivity index (χ2n) is 3.61. The Balaban J connectivity index is 2.74. The van der Waals surface area contributed by atoms with Gasteiger partial charge in [0.15, 0.2) is 0 Å². The summed E-state index contributed by atoms with van der Waals surface area (Å²) in [5.74, 6) is -1.20. The standard InChI is InChI=1S/C12H13BrFNO3/c1-18-12(17)10(15-11(16)7-13)6-8-2-4-9(14)5-3-8/h2-5,10H,6-7H2,1H3,(H,15,16). The van der Waals surface area contributed by atoms with Crippen LogP contribution in [0.4, 0.5) is 4.39 Å². The first-order chi connectivity index (χ1) is 8.56. The first-order valence-corrected chi connectivity index (χ1v) is 6.36. The molecule has 0 fully saturated rings. The number of hydrogen-bond acceptors (Lipinski definition) is 3. The van der Waals surface area contributed by atoms with Crippen LogP contribution in [0.25, 0.3) is 0 Å². The zero-order valence-corrected chi connectivity index (χ0v) is 11.4. The average molecular weight is 318 g/mol. The monoisotopic (exact) mass is 317 g/mol. The quantitative estimate of drug-likeness (QED) is 0.660. The van der Waals surface area contributed by atoms with Crippen molar-refractivity contribution in [2.45, 2.75) is 12.5 Å². The molecule has 0 heterocycles. The van der Waals surface area contributed by atoms with Gasteiger partial charge in [-0.15, -0.1) is 0 Å². The van der Waals surface area contributed by atoms with Crippen molar-refractivity contribution in [2.75, 3.05) is 12.4 Å². The van der Waals surface area contributed by atoms with Crippen molar-refractivity contribution in [1.29, 1.82) is 0 Å². The molecule has 1 rings (SSSR count). The summed E-state index contributed by atoms with van der Waals surface area (Å²) >= 11 is 3.00. The number of rotatable bonds is 5. The van der Waals surface area contributed by atoms with Crippen molar-refractivity contribution in [3.63, 3.8) is 0 Å². The van der Waals surface area contributed by atoms with E-state index in [1.807, 2.05) is 0 Å². The van der Waals surface area contributed by atoms with Crippen molar-refractivity contribution >= 4 is 27.8 Å². The SMILES string of the molecule is COC(=O)C(Cc1ccc(F)cc1)NC(=O)CBr. The van der Waals surface area contributed by atoms with E-state index in [4.69, 9.17) is 0 Å². The Morgan fingerprint density at radius 3 is 2.50 bits per heavy atom. The molecular weight excluding hydrogens is 305 g/mol. The minimum Gasteiger partial charge on any atom is -0.467 e. The van der Waals surface area contributed by atoms with Gasteiger partial charge < -0.3 is 10.1 Å². The molecule has 1 aromatic rings. The molecule has 6 heteroatoms. The number of ether oxygens (including phenoxy) is 1. The molecule has 0 aromatic heterocycles. The Labute approximate surface area is 113 Å². The van der Waals surface area contributed by atoms with E-state index in [1.54, 1.807) is 12.1 Å². The van der Waals surface area contributed by atoms with Gasteiger partial charge in [0.1, 0.15) is 11.9 Å². The maximum atomic E-state index is 12.7. The van der Waals surface area contributed by atoms with Gasteiger partial charge in [-0.05, 0) is 17.7 Å². The second kappa shape index (κ2) is 7.10. The van der Waals surface area contributed by atoms with Crippen LogP contribution in [0.1, 0.15) is 5.56 Å². The fraction of sp³-hybridized carbons (Fsp3) is 0.333. The third-order valence-corrected chi connectivity index (χ3v) is 2.80. The zero-order chi connectivity index (χ0) is 13.5. The lowest BCUT2D eigenvalue weighted by atomic mass is 10.1. The van der Waals surface area contributed by atoms with Crippen LogP contribution in [0.2, 0.25) is 0 Å². The van der Waals surface area contributed by atoms with Crippen molar-refractivity contribution < 1.29 is 18.7 Å². The van der Waals surface area contributed by atoms with E-state index in [1.165, 1.54) is 19.2 Å². The van der Waals surface area contributed by atoms with Gasteiger partial charge in [0.2, 0.25) is 5.91 Å². The van der Waals surface area contributed by atoms with Gasteiger partial charge in [-0.2, -0.15) is 0 Å². The van der Waals surface area contributed by atoms with E-state index in [2.05, 4.69) is 26.0 Å². The molecule has 1 unspecified atom stereocenters. The summed E-state index contributed by atoms with van der Waals surface area (Å²) in [6.07, 6.45) is 0.256. The molecule has 0 saturated heterocycles. The van der Waals surface area contributed by atoms with Crippen LogP contribution in [0.3, 0.4) is 0 Å². The van der Waals surface area contributed by atoms with Crippen LogP contribution in [0, 0.1) is 5.82 Å². The van der Waals surface area contributed by atoms with Crippen LogP contribution >= 0.6 is 15.9 Å². The summed E-state index contributed by atoms with van der Waals surface area (Å²) in [5, 5.41) is 2.63. The number of nitrogens with one attached hydrogen (secondary N) is 1. The van der Waals surface area contributed by atoms with E-state index in [9.17, 15) is 14.0 Å².